The Morgan fingerprint density at radius 3 is 2.45 bits per heavy atom. The van der Waals surface area contributed by atoms with Gasteiger partial charge in [0.05, 0.1) is 5.69 Å². The van der Waals surface area contributed by atoms with Crippen LogP contribution in [0.25, 0.3) is 11.8 Å². The van der Waals surface area contributed by atoms with Crippen LogP contribution in [0, 0.1) is 44.9 Å². The van der Waals surface area contributed by atoms with E-state index in [0.29, 0.717) is 5.92 Å². The summed E-state index contributed by atoms with van der Waals surface area (Å²) in [7, 11) is 0. The fraction of sp³-hybridized carbons (Fsp3) is 0.440. The Labute approximate surface area is 174 Å². The Bertz CT molecular complexity index is 970. The van der Waals surface area contributed by atoms with E-state index in [1.807, 2.05) is 6.92 Å². The van der Waals surface area contributed by atoms with Crippen LogP contribution in [-0.4, -0.2) is 16.5 Å². The molecular formula is C25H31N3O. The Hall–Kier alpha value is -2.80. The van der Waals surface area contributed by atoms with Crippen molar-refractivity contribution in [1.29, 1.82) is 5.26 Å². The van der Waals surface area contributed by atoms with Crippen molar-refractivity contribution in [1.82, 2.24) is 9.88 Å². The lowest BCUT2D eigenvalue weighted by molar-refractivity contribution is -0.118. The van der Waals surface area contributed by atoms with Gasteiger partial charge in [-0.1, -0.05) is 38.0 Å². The van der Waals surface area contributed by atoms with Crippen LogP contribution in [0.4, 0.5) is 0 Å². The average Bonchev–Trinajstić information content (AvgIpc) is 2.95. The molecule has 0 unspecified atom stereocenters. The highest BCUT2D eigenvalue weighted by atomic mass is 16.1. The first-order chi connectivity index (χ1) is 13.8. The average molecular weight is 390 g/mol. The van der Waals surface area contributed by atoms with E-state index in [0.717, 1.165) is 36.2 Å². The Balaban J connectivity index is 1.93. The van der Waals surface area contributed by atoms with E-state index in [1.165, 1.54) is 23.2 Å². The van der Waals surface area contributed by atoms with E-state index in [9.17, 15) is 10.1 Å². The van der Waals surface area contributed by atoms with Crippen molar-refractivity contribution in [3.05, 3.63) is 57.9 Å². The lowest BCUT2D eigenvalue weighted by atomic mass is 9.86. The zero-order valence-electron chi connectivity index (χ0n) is 18.2. The molecule has 3 rings (SSSR count). The first kappa shape index (κ1) is 20.9. The van der Waals surface area contributed by atoms with Gasteiger partial charge in [0.25, 0.3) is 5.91 Å². The fourth-order valence-corrected chi connectivity index (χ4v) is 4.52. The molecule has 0 bridgehead atoms. The van der Waals surface area contributed by atoms with Gasteiger partial charge in [-0.3, -0.25) is 4.79 Å². The van der Waals surface area contributed by atoms with Crippen molar-refractivity contribution in [2.24, 2.45) is 5.92 Å². The second kappa shape index (κ2) is 8.69. The van der Waals surface area contributed by atoms with Crippen LogP contribution in [0.1, 0.15) is 60.7 Å². The van der Waals surface area contributed by atoms with Gasteiger partial charge in [0.15, 0.2) is 0 Å². The number of carbonyl (C=O) groups excluding carboxylic acids is 1. The Morgan fingerprint density at radius 2 is 1.83 bits per heavy atom. The third-order valence-electron chi connectivity index (χ3n) is 6.23. The maximum Gasteiger partial charge on any atom is 0.262 e. The van der Waals surface area contributed by atoms with Crippen LogP contribution in [0.2, 0.25) is 0 Å². The van der Waals surface area contributed by atoms with Gasteiger partial charge in [-0.25, -0.2) is 0 Å². The van der Waals surface area contributed by atoms with Gasteiger partial charge in [-0.15, -0.1) is 0 Å². The summed E-state index contributed by atoms with van der Waals surface area (Å²) in [5.74, 6) is 0.199. The molecule has 2 atom stereocenters. The molecule has 1 saturated carbocycles. The normalized spacial score (nSPS) is 19.7. The number of benzene rings is 1. The molecule has 1 fully saturated rings. The smallest absolute Gasteiger partial charge is 0.262 e. The van der Waals surface area contributed by atoms with Crippen LogP contribution in [0.5, 0.6) is 0 Å². The second-order valence-electron chi connectivity index (χ2n) is 8.41. The molecule has 29 heavy (non-hydrogen) atoms. The summed E-state index contributed by atoms with van der Waals surface area (Å²) in [6.07, 6.45) is 6.21. The number of hydrogen-bond acceptors (Lipinski definition) is 2. The van der Waals surface area contributed by atoms with Crippen molar-refractivity contribution in [3.63, 3.8) is 0 Å². The first-order valence-electron chi connectivity index (χ1n) is 10.5. The SMILES string of the molecule is Cc1cccc(C)c1-n1c(C)cc(/C=C(\C#N)C(=O)N[C@@H]2CCCC[C@H]2C)c1C. The lowest BCUT2D eigenvalue weighted by Crippen LogP contribution is -2.41. The first-order valence-corrected chi connectivity index (χ1v) is 10.5. The minimum absolute atomic E-state index is 0.162. The number of nitrogens with zero attached hydrogens (tertiary/aromatic N) is 2. The zero-order valence-corrected chi connectivity index (χ0v) is 18.2. The summed E-state index contributed by atoms with van der Waals surface area (Å²) >= 11 is 0. The van der Waals surface area contributed by atoms with Gasteiger partial charge in [0.2, 0.25) is 0 Å². The van der Waals surface area contributed by atoms with Crippen molar-refractivity contribution < 1.29 is 4.79 Å². The van der Waals surface area contributed by atoms with Crippen molar-refractivity contribution in [3.8, 4) is 11.8 Å². The third-order valence-corrected chi connectivity index (χ3v) is 6.23. The molecule has 0 radical (unpaired) electrons. The molecule has 1 amide bonds. The minimum Gasteiger partial charge on any atom is -0.348 e. The molecule has 4 heteroatoms. The van der Waals surface area contributed by atoms with Crippen molar-refractivity contribution in [2.45, 2.75) is 66.3 Å². The monoisotopic (exact) mass is 389 g/mol. The summed E-state index contributed by atoms with van der Waals surface area (Å²) in [6.45, 7) is 10.5. The number of amides is 1. The van der Waals surface area contributed by atoms with Gasteiger partial charge >= 0.3 is 0 Å². The number of carbonyl (C=O) groups is 1. The molecule has 1 aliphatic carbocycles. The maximum atomic E-state index is 12.8. The third kappa shape index (κ3) is 4.29. The van der Waals surface area contributed by atoms with Gasteiger partial charge in [-0.05, 0) is 75.3 Å². The predicted octanol–water partition coefficient (Wildman–Crippen LogP) is 5.31. The molecule has 0 saturated heterocycles. The Morgan fingerprint density at radius 1 is 1.17 bits per heavy atom. The molecule has 1 aliphatic rings. The van der Waals surface area contributed by atoms with Gasteiger partial charge in [-0.2, -0.15) is 5.26 Å². The highest BCUT2D eigenvalue weighted by Gasteiger charge is 2.24. The topological polar surface area (TPSA) is 57.8 Å². The van der Waals surface area contributed by atoms with Crippen LogP contribution < -0.4 is 5.32 Å². The van der Waals surface area contributed by atoms with Gasteiger partial charge < -0.3 is 9.88 Å². The number of nitrogens with one attached hydrogen (secondary N) is 1. The standard InChI is InChI=1S/C25H31N3O/c1-16-9-6-7-12-23(16)27-25(29)22(15-26)14-21-13-19(4)28(20(21)5)24-17(2)10-8-11-18(24)3/h8,10-11,13-14,16,23H,6-7,9,12H2,1-5H3,(H,27,29)/b22-14+/t16-,23-/m1/s1. The predicted molar refractivity (Wildman–Crippen MR) is 118 cm³/mol. The van der Waals surface area contributed by atoms with E-state index >= 15 is 0 Å². The quantitative estimate of drug-likeness (QED) is 0.569. The maximum absolute atomic E-state index is 12.8. The van der Waals surface area contributed by atoms with Crippen LogP contribution in [-0.2, 0) is 4.79 Å². The fourth-order valence-electron chi connectivity index (χ4n) is 4.52. The largest absolute Gasteiger partial charge is 0.348 e. The number of para-hydroxylation sites is 1. The number of rotatable bonds is 4. The molecule has 1 aromatic heterocycles. The molecule has 0 spiro atoms. The summed E-state index contributed by atoms with van der Waals surface area (Å²) in [5.41, 5.74) is 6.77. The Kier molecular flexibility index (Phi) is 6.27. The van der Waals surface area contributed by atoms with E-state index in [1.54, 1.807) is 6.08 Å². The molecule has 2 aromatic rings. The summed E-state index contributed by atoms with van der Waals surface area (Å²) in [5, 5.41) is 12.7. The minimum atomic E-state index is -0.261. The summed E-state index contributed by atoms with van der Waals surface area (Å²) in [4.78, 5) is 12.8. The number of aryl methyl sites for hydroxylation is 3. The molecule has 1 N–H and O–H groups in total. The van der Waals surface area contributed by atoms with Gasteiger partial charge in [0, 0.05) is 17.4 Å². The number of hydrogen-bond donors (Lipinski definition) is 1. The van der Waals surface area contributed by atoms with Crippen molar-refractivity contribution in [2.75, 3.05) is 0 Å². The van der Waals surface area contributed by atoms with E-state index in [-0.39, 0.29) is 17.5 Å². The van der Waals surface area contributed by atoms with E-state index < -0.39 is 0 Å². The second-order valence-corrected chi connectivity index (χ2v) is 8.41. The summed E-state index contributed by atoms with van der Waals surface area (Å²) < 4.78 is 2.21. The highest BCUT2D eigenvalue weighted by Crippen LogP contribution is 2.28. The van der Waals surface area contributed by atoms with E-state index in [4.69, 9.17) is 0 Å². The summed E-state index contributed by atoms with van der Waals surface area (Å²) in [6, 6.07) is 10.6. The molecular weight excluding hydrogens is 358 g/mol. The van der Waals surface area contributed by atoms with Crippen LogP contribution in [0.15, 0.2) is 29.8 Å². The van der Waals surface area contributed by atoms with Gasteiger partial charge in [0.1, 0.15) is 11.6 Å². The van der Waals surface area contributed by atoms with Crippen LogP contribution >= 0.6 is 0 Å². The van der Waals surface area contributed by atoms with Crippen LogP contribution in [0.3, 0.4) is 0 Å². The van der Waals surface area contributed by atoms with Crippen molar-refractivity contribution >= 4 is 12.0 Å². The lowest BCUT2D eigenvalue weighted by Gasteiger charge is -2.29. The highest BCUT2D eigenvalue weighted by molar-refractivity contribution is 6.02. The molecule has 0 aliphatic heterocycles. The number of nitriles is 1. The molecule has 1 aromatic carbocycles. The number of aromatic nitrogens is 1. The zero-order chi connectivity index (χ0) is 21.1. The van der Waals surface area contributed by atoms with E-state index in [2.05, 4.69) is 67.9 Å². The molecule has 1 heterocycles. The molecule has 152 valence electrons. The molecule has 4 nitrogen and oxygen atoms in total.